The zero-order valence-corrected chi connectivity index (χ0v) is 21.9. The van der Waals surface area contributed by atoms with Crippen molar-refractivity contribution in [1.29, 1.82) is 0 Å². The molecule has 3 heterocycles. The van der Waals surface area contributed by atoms with Gasteiger partial charge in [-0.15, -0.1) is 5.10 Å². The lowest BCUT2D eigenvalue weighted by Crippen LogP contribution is -2.63. The lowest BCUT2D eigenvalue weighted by atomic mass is 9.96. The fourth-order valence-corrected chi connectivity index (χ4v) is 4.81. The van der Waals surface area contributed by atoms with E-state index in [1.165, 1.54) is 18.3 Å². The molecule has 0 radical (unpaired) electrons. The van der Waals surface area contributed by atoms with Gasteiger partial charge in [0.05, 0.1) is 29.9 Å². The van der Waals surface area contributed by atoms with E-state index in [-0.39, 0.29) is 22.8 Å². The first kappa shape index (κ1) is 31.3. The van der Waals surface area contributed by atoms with Gasteiger partial charge in [0.25, 0.3) is 0 Å². The van der Waals surface area contributed by atoms with Crippen molar-refractivity contribution in [3.05, 3.63) is 41.7 Å². The van der Waals surface area contributed by atoms with Crippen molar-refractivity contribution in [2.75, 3.05) is 13.2 Å². The number of carbonyl (C=O) groups excluding carboxylic acids is 1. The molecule has 2 aromatic rings. The number of ether oxygens (including phenoxy) is 4. The smallest absolute Gasteiger partial charge is 0.338 e. The number of aliphatic hydroxyl groups excluding tert-OH is 7. The molecule has 0 bridgehead atoms. The summed E-state index contributed by atoms with van der Waals surface area (Å²) in [7, 11) is -3.94. The number of rotatable bonds is 9. The van der Waals surface area contributed by atoms with Crippen LogP contribution in [-0.4, -0.2) is 133 Å². The van der Waals surface area contributed by atoms with Gasteiger partial charge >= 0.3 is 5.97 Å². The van der Waals surface area contributed by atoms with Crippen LogP contribution in [0.4, 0.5) is 0 Å². The SMILES string of the molecule is NS(=O)(=O)c1ccc(C(=O)OCc2cn([C@@H]3O[C@H](CO)[C@@H](O[C@H]4O[C@H](CO)[C@@H](O)[C@H](O)[C@H]4O)[C@H](O)[C@H]3O)nn2)cc1. The van der Waals surface area contributed by atoms with Crippen LogP contribution in [0.15, 0.2) is 35.4 Å². The van der Waals surface area contributed by atoms with Gasteiger partial charge in [-0.25, -0.2) is 23.0 Å². The minimum absolute atomic E-state index is 0.0372. The van der Waals surface area contributed by atoms with Crippen molar-refractivity contribution < 1.29 is 67.9 Å². The maximum atomic E-state index is 12.3. The average Bonchev–Trinajstić information content (AvgIpc) is 3.42. The van der Waals surface area contributed by atoms with Gasteiger partial charge in [0.2, 0.25) is 10.0 Å². The Morgan fingerprint density at radius 2 is 1.59 bits per heavy atom. The second-order valence-corrected chi connectivity index (χ2v) is 10.9. The van der Waals surface area contributed by atoms with Crippen LogP contribution in [0.1, 0.15) is 22.3 Å². The Hall–Kier alpha value is -2.66. The van der Waals surface area contributed by atoms with Crippen LogP contribution in [0.25, 0.3) is 0 Å². The molecule has 2 aliphatic rings. The topological polar surface area (TPSA) is 286 Å². The predicted molar refractivity (Wildman–Crippen MR) is 129 cm³/mol. The summed E-state index contributed by atoms with van der Waals surface area (Å²) in [6.45, 7) is -1.85. The molecular weight excluding hydrogens is 576 g/mol. The van der Waals surface area contributed by atoms with Gasteiger partial charge in [-0.3, -0.25) is 0 Å². The van der Waals surface area contributed by atoms with E-state index in [1.807, 2.05) is 0 Å². The lowest BCUT2D eigenvalue weighted by molar-refractivity contribution is -0.347. The zero-order chi connectivity index (χ0) is 30.1. The first-order valence-electron chi connectivity index (χ1n) is 12.1. The van der Waals surface area contributed by atoms with Crippen LogP contribution in [0.3, 0.4) is 0 Å². The molecule has 0 saturated carbocycles. The summed E-state index contributed by atoms with van der Waals surface area (Å²) < 4.78 is 45.3. The third-order valence-electron chi connectivity index (χ3n) is 6.57. The summed E-state index contributed by atoms with van der Waals surface area (Å²) >= 11 is 0. The molecule has 19 heteroatoms. The summed E-state index contributed by atoms with van der Waals surface area (Å²) in [6.07, 6.45) is -14.7. The van der Waals surface area contributed by atoms with Crippen molar-refractivity contribution in [2.24, 2.45) is 5.14 Å². The number of esters is 1. The van der Waals surface area contributed by atoms with E-state index >= 15 is 0 Å². The number of sulfonamides is 1. The number of benzene rings is 1. The molecule has 0 spiro atoms. The van der Waals surface area contributed by atoms with E-state index in [2.05, 4.69) is 10.3 Å². The van der Waals surface area contributed by atoms with E-state index in [4.69, 9.17) is 24.1 Å². The number of nitrogens with two attached hydrogens (primary N) is 1. The number of hydrogen-bond donors (Lipinski definition) is 8. The van der Waals surface area contributed by atoms with Crippen LogP contribution in [-0.2, 0) is 35.6 Å². The van der Waals surface area contributed by atoms with E-state index in [9.17, 15) is 49.0 Å². The van der Waals surface area contributed by atoms with Gasteiger partial charge in [-0.2, -0.15) is 0 Å². The first-order valence-corrected chi connectivity index (χ1v) is 13.7. The number of hydrogen-bond acceptors (Lipinski definition) is 16. The van der Waals surface area contributed by atoms with E-state index in [0.717, 1.165) is 16.8 Å². The molecule has 9 N–H and O–H groups in total. The fourth-order valence-electron chi connectivity index (χ4n) is 4.30. The highest BCUT2D eigenvalue weighted by molar-refractivity contribution is 7.89. The molecule has 1 aromatic heterocycles. The Morgan fingerprint density at radius 3 is 2.20 bits per heavy atom. The molecule has 2 aliphatic heterocycles. The van der Waals surface area contributed by atoms with Gasteiger partial charge in [-0.1, -0.05) is 5.21 Å². The van der Waals surface area contributed by atoms with Crippen LogP contribution in [0, 0.1) is 0 Å². The number of aromatic nitrogens is 3. The minimum atomic E-state index is -3.94. The maximum absolute atomic E-state index is 12.3. The highest BCUT2D eigenvalue weighted by Gasteiger charge is 2.51. The quantitative estimate of drug-likeness (QED) is 0.124. The molecule has 10 atom stereocenters. The Balaban J connectivity index is 1.39. The molecule has 41 heavy (non-hydrogen) atoms. The molecule has 228 valence electrons. The third-order valence-corrected chi connectivity index (χ3v) is 7.50. The highest BCUT2D eigenvalue weighted by atomic mass is 32.2. The monoisotopic (exact) mass is 606 g/mol. The van der Waals surface area contributed by atoms with Gasteiger partial charge in [-0.05, 0) is 24.3 Å². The Morgan fingerprint density at radius 1 is 0.927 bits per heavy atom. The second kappa shape index (κ2) is 12.7. The molecule has 0 aliphatic carbocycles. The summed E-state index contributed by atoms with van der Waals surface area (Å²) in [6, 6.07) is 4.71. The average molecular weight is 607 g/mol. The highest BCUT2D eigenvalue weighted by Crippen LogP contribution is 2.32. The van der Waals surface area contributed by atoms with Crippen molar-refractivity contribution in [3.8, 4) is 0 Å². The summed E-state index contributed by atoms with van der Waals surface area (Å²) in [5.41, 5.74) is 0.139. The number of primary sulfonamides is 1. The summed E-state index contributed by atoms with van der Waals surface area (Å²) in [5.74, 6) is -0.807. The van der Waals surface area contributed by atoms with Crippen LogP contribution >= 0.6 is 0 Å². The summed E-state index contributed by atoms with van der Waals surface area (Å²) in [4.78, 5) is 12.1. The second-order valence-electron chi connectivity index (χ2n) is 9.36. The Kier molecular flexibility index (Phi) is 9.68. The van der Waals surface area contributed by atoms with Crippen LogP contribution in [0.5, 0.6) is 0 Å². The summed E-state index contributed by atoms with van der Waals surface area (Å²) in [5, 5.41) is 83.5. The Labute approximate surface area is 232 Å². The maximum Gasteiger partial charge on any atom is 0.338 e. The zero-order valence-electron chi connectivity index (χ0n) is 21.1. The van der Waals surface area contributed by atoms with Crippen LogP contribution in [0.2, 0.25) is 0 Å². The number of aliphatic hydroxyl groups is 7. The predicted octanol–water partition coefficient (Wildman–Crippen LogP) is -4.92. The first-order chi connectivity index (χ1) is 19.3. The van der Waals surface area contributed by atoms with E-state index in [0.29, 0.717) is 0 Å². The normalized spacial score (nSPS) is 34.3. The molecule has 0 unspecified atom stereocenters. The van der Waals surface area contributed by atoms with Crippen LogP contribution < -0.4 is 5.14 Å². The lowest BCUT2D eigenvalue weighted by Gasteiger charge is -2.45. The largest absolute Gasteiger partial charge is 0.455 e. The Bertz CT molecular complexity index is 1290. The minimum Gasteiger partial charge on any atom is -0.455 e. The van der Waals surface area contributed by atoms with Crippen molar-refractivity contribution >= 4 is 16.0 Å². The van der Waals surface area contributed by atoms with Crippen molar-refractivity contribution in [3.63, 3.8) is 0 Å². The van der Waals surface area contributed by atoms with Crippen molar-refractivity contribution in [1.82, 2.24) is 15.0 Å². The fraction of sp³-hybridized carbons (Fsp3) is 0.591. The molecule has 2 saturated heterocycles. The van der Waals surface area contributed by atoms with Gasteiger partial charge in [0.1, 0.15) is 61.1 Å². The standard InChI is InChI=1S/C22H30N4O14S/c23-41(35,36)11-3-1-9(2-4-11)21(34)37-8-10-5-26(25-24-10)20-17(32)16(31)19(13(7-28)38-20)40-22-18(33)15(30)14(29)12(6-27)39-22/h1-5,12-20,22,27-33H,6-8H2,(H2,23,35,36)/t12-,13-,14-,15+,16-,17-,18-,19-,20-,22-/m1/s1. The third kappa shape index (κ3) is 6.71. The molecule has 0 amide bonds. The molecule has 1 aromatic carbocycles. The molecule has 2 fully saturated rings. The van der Waals surface area contributed by atoms with E-state index in [1.54, 1.807) is 0 Å². The van der Waals surface area contributed by atoms with E-state index < -0.39 is 90.6 Å². The molecular formula is C22H30N4O14S. The molecule has 18 nitrogen and oxygen atoms in total. The van der Waals surface area contributed by atoms with Crippen molar-refractivity contribution in [2.45, 2.75) is 72.9 Å². The van der Waals surface area contributed by atoms with Gasteiger partial charge in [0.15, 0.2) is 12.5 Å². The number of carbonyl (C=O) groups is 1. The van der Waals surface area contributed by atoms with Gasteiger partial charge < -0.3 is 54.7 Å². The van der Waals surface area contributed by atoms with Gasteiger partial charge in [0, 0.05) is 0 Å². The number of nitrogens with zero attached hydrogens (tertiary/aromatic N) is 3. The molecule has 4 rings (SSSR count).